The number of carbonyl (C=O) groups excluding carboxylic acids is 1. The van der Waals surface area contributed by atoms with E-state index in [1.807, 2.05) is 66.3 Å². The fourth-order valence-electron chi connectivity index (χ4n) is 3.01. The van der Waals surface area contributed by atoms with E-state index in [4.69, 9.17) is 21.3 Å². The minimum absolute atomic E-state index is 0.0101. The number of fused-ring (bicyclic) bond motifs is 1. The van der Waals surface area contributed by atoms with Gasteiger partial charge in [-0.15, -0.1) is 11.8 Å². The highest BCUT2D eigenvalue weighted by molar-refractivity contribution is 8.00. The molecule has 0 N–H and O–H groups in total. The number of ether oxygens (including phenoxy) is 1. The first-order chi connectivity index (χ1) is 15.1. The molecule has 2 aromatic carbocycles. The van der Waals surface area contributed by atoms with Crippen molar-refractivity contribution in [2.75, 3.05) is 23.8 Å². The molecule has 0 bridgehead atoms. The summed E-state index contributed by atoms with van der Waals surface area (Å²) in [6.07, 6.45) is 3.62. The smallest absolute Gasteiger partial charge is 0.239 e. The Hall–Kier alpha value is -2.55. The topological polar surface area (TPSA) is 60.2 Å². The Labute approximate surface area is 193 Å². The van der Waals surface area contributed by atoms with Gasteiger partial charge >= 0.3 is 0 Å². The third-order valence-electron chi connectivity index (χ3n) is 4.49. The number of para-hydroxylation sites is 1. The normalized spacial score (nSPS) is 11.0. The Bertz CT molecular complexity index is 1150. The molecule has 2 heterocycles. The molecule has 0 radical (unpaired) electrons. The molecule has 4 rings (SSSR count). The minimum atomic E-state index is -0.0101. The maximum absolute atomic E-state index is 13.2. The van der Waals surface area contributed by atoms with Gasteiger partial charge in [0.05, 0.1) is 23.6 Å². The number of halogens is 1. The number of benzene rings is 2. The monoisotopic (exact) mass is 472 g/mol. The number of hydrogen-bond acceptors (Lipinski definition) is 6. The van der Waals surface area contributed by atoms with Gasteiger partial charge in [0.15, 0.2) is 5.13 Å². The first-order valence-electron chi connectivity index (χ1n) is 9.82. The Kier molecular flexibility index (Phi) is 7.11. The number of rotatable bonds is 9. The second kappa shape index (κ2) is 10.2. The average Bonchev–Trinajstić information content (AvgIpc) is 3.44. The first-order valence-corrected chi connectivity index (χ1v) is 12.0. The summed E-state index contributed by atoms with van der Waals surface area (Å²) in [5, 5.41) is 5.59. The van der Waals surface area contributed by atoms with Crippen LogP contribution < -0.4 is 9.64 Å². The van der Waals surface area contributed by atoms with E-state index < -0.39 is 0 Å². The highest BCUT2D eigenvalue weighted by atomic mass is 35.5. The number of aromatic nitrogens is 3. The minimum Gasteiger partial charge on any atom is -0.492 e. The lowest BCUT2D eigenvalue weighted by atomic mass is 10.3. The molecule has 0 unspecified atom stereocenters. The zero-order valence-electron chi connectivity index (χ0n) is 16.9. The van der Waals surface area contributed by atoms with E-state index in [1.165, 1.54) is 23.1 Å². The van der Waals surface area contributed by atoms with Crippen LogP contribution in [0.25, 0.3) is 10.2 Å². The largest absolute Gasteiger partial charge is 0.492 e. The molecule has 1 amide bonds. The highest BCUT2D eigenvalue weighted by Gasteiger charge is 2.21. The number of thiazole rings is 1. The average molecular weight is 473 g/mol. The summed E-state index contributed by atoms with van der Waals surface area (Å²) in [6, 6.07) is 15.2. The van der Waals surface area contributed by atoms with Crippen molar-refractivity contribution < 1.29 is 9.53 Å². The van der Waals surface area contributed by atoms with E-state index in [-0.39, 0.29) is 5.91 Å². The van der Waals surface area contributed by atoms with Crippen LogP contribution in [-0.4, -0.2) is 39.6 Å². The molecule has 4 aromatic rings. The van der Waals surface area contributed by atoms with Gasteiger partial charge in [0.1, 0.15) is 11.3 Å². The number of carbonyl (C=O) groups is 1. The van der Waals surface area contributed by atoms with Crippen LogP contribution in [0.3, 0.4) is 0 Å². The summed E-state index contributed by atoms with van der Waals surface area (Å²) in [6.45, 7) is 3.57. The van der Waals surface area contributed by atoms with Crippen molar-refractivity contribution in [3.05, 3.63) is 65.9 Å². The van der Waals surface area contributed by atoms with Gasteiger partial charge in [-0.05, 0) is 49.4 Å². The molecular formula is C22H21ClN4O2S2. The molecule has 0 saturated heterocycles. The molecular weight excluding hydrogens is 452 g/mol. The lowest BCUT2D eigenvalue weighted by molar-refractivity contribution is -0.116. The molecule has 9 heteroatoms. The van der Waals surface area contributed by atoms with Gasteiger partial charge in [-0.2, -0.15) is 5.10 Å². The summed E-state index contributed by atoms with van der Waals surface area (Å²) in [5.74, 6) is 1.02. The van der Waals surface area contributed by atoms with Gasteiger partial charge in [-0.3, -0.25) is 14.4 Å². The van der Waals surface area contributed by atoms with Crippen molar-refractivity contribution >= 4 is 56.0 Å². The molecule has 0 aliphatic heterocycles. The van der Waals surface area contributed by atoms with Gasteiger partial charge in [0.25, 0.3) is 0 Å². The van der Waals surface area contributed by atoms with Crippen LogP contribution in [0.4, 0.5) is 5.13 Å². The van der Waals surface area contributed by atoms with E-state index >= 15 is 0 Å². The lowest BCUT2D eigenvalue weighted by Crippen LogP contribution is -2.35. The number of nitrogens with zero attached hydrogens (tertiary/aromatic N) is 4. The van der Waals surface area contributed by atoms with Crippen LogP contribution in [0.5, 0.6) is 5.75 Å². The Morgan fingerprint density at radius 2 is 2.06 bits per heavy atom. The Balaban J connectivity index is 1.57. The third-order valence-corrected chi connectivity index (χ3v) is 6.78. The fraction of sp³-hybridized carbons (Fsp3) is 0.227. The molecule has 0 saturated carbocycles. The Morgan fingerprint density at radius 1 is 1.23 bits per heavy atom. The summed E-state index contributed by atoms with van der Waals surface area (Å²) in [7, 11) is 0. The summed E-state index contributed by atoms with van der Waals surface area (Å²) >= 11 is 8.93. The Morgan fingerprint density at radius 3 is 2.81 bits per heavy atom. The van der Waals surface area contributed by atoms with Crippen molar-refractivity contribution in [3.63, 3.8) is 0 Å². The summed E-state index contributed by atoms with van der Waals surface area (Å²) in [5.41, 5.74) is 0.784. The summed E-state index contributed by atoms with van der Waals surface area (Å²) in [4.78, 5) is 20.7. The van der Waals surface area contributed by atoms with E-state index in [2.05, 4.69) is 5.10 Å². The van der Waals surface area contributed by atoms with Gasteiger partial charge in [0.2, 0.25) is 5.91 Å². The van der Waals surface area contributed by atoms with Gasteiger partial charge in [0, 0.05) is 28.9 Å². The third kappa shape index (κ3) is 5.39. The number of amides is 1. The van der Waals surface area contributed by atoms with Crippen LogP contribution in [0, 0.1) is 0 Å². The van der Waals surface area contributed by atoms with Gasteiger partial charge in [-0.1, -0.05) is 29.0 Å². The maximum Gasteiger partial charge on any atom is 0.239 e. The second-order valence-electron chi connectivity index (χ2n) is 6.59. The number of thioether (sulfide) groups is 1. The van der Waals surface area contributed by atoms with Crippen LogP contribution in [0.1, 0.15) is 6.92 Å². The second-order valence-corrected chi connectivity index (χ2v) is 9.08. The number of hydrogen-bond donors (Lipinski definition) is 0. The zero-order chi connectivity index (χ0) is 21.6. The van der Waals surface area contributed by atoms with Crippen LogP contribution in [0.2, 0.25) is 5.02 Å². The summed E-state index contributed by atoms with van der Waals surface area (Å²) < 4.78 is 8.52. The van der Waals surface area contributed by atoms with Crippen molar-refractivity contribution in [2.24, 2.45) is 0 Å². The van der Waals surface area contributed by atoms with Crippen LogP contribution in [0.15, 0.2) is 65.8 Å². The van der Waals surface area contributed by atoms with E-state index in [0.717, 1.165) is 20.9 Å². The molecule has 160 valence electrons. The molecule has 0 fully saturated rings. The van der Waals surface area contributed by atoms with Gasteiger partial charge in [-0.25, -0.2) is 4.98 Å². The van der Waals surface area contributed by atoms with Crippen molar-refractivity contribution in [3.8, 4) is 5.75 Å². The van der Waals surface area contributed by atoms with E-state index in [9.17, 15) is 4.79 Å². The molecule has 31 heavy (non-hydrogen) atoms. The van der Waals surface area contributed by atoms with E-state index in [0.29, 0.717) is 35.6 Å². The molecule has 0 aliphatic carbocycles. The predicted octanol–water partition coefficient (Wildman–Crippen LogP) is 5.37. The lowest BCUT2D eigenvalue weighted by Gasteiger charge is -2.19. The molecule has 0 aliphatic rings. The van der Waals surface area contributed by atoms with E-state index in [1.54, 1.807) is 11.1 Å². The molecule has 0 atom stereocenters. The molecule has 6 nitrogen and oxygen atoms in total. The van der Waals surface area contributed by atoms with Crippen molar-refractivity contribution in [1.29, 1.82) is 0 Å². The van der Waals surface area contributed by atoms with Crippen molar-refractivity contribution in [2.45, 2.75) is 18.4 Å². The van der Waals surface area contributed by atoms with Gasteiger partial charge < -0.3 is 4.74 Å². The first kappa shape index (κ1) is 21.7. The fourth-order valence-corrected chi connectivity index (χ4v) is 4.94. The molecule has 2 aromatic heterocycles. The number of anilines is 1. The van der Waals surface area contributed by atoms with Crippen LogP contribution in [-0.2, 0) is 11.3 Å². The quantitative estimate of drug-likeness (QED) is 0.306. The zero-order valence-corrected chi connectivity index (χ0v) is 19.3. The van der Waals surface area contributed by atoms with Crippen LogP contribution >= 0.6 is 34.7 Å². The predicted molar refractivity (Wildman–Crippen MR) is 128 cm³/mol. The maximum atomic E-state index is 13.2. The van der Waals surface area contributed by atoms with Crippen molar-refractivity contribution in [1.82, 2.24) is 14.8 Å². The standard InChI is InChI=1S/C22H21ClN4O2S2/c1-2-29-18-5-3-6-19-21(18)25-22(31-19)27(14-13-26-12-4-11-24-26)20(28)15-30-17-9-7-16(23)8-10-17/h3-12H,2,13-15H2,1H3. The highest BCUT2D eigenvalue weighted by Crippen LogP contribution is 2.34. The molecule has 0 spiro atoms. The SMILES string of the molecule is CCOc1cccc2sc(N(CCn3cccn3)C(=O)CSc3ccc(Cl)cc3)nc12.